The molecule has 1 saturated heterocycles. The number of amides is 2. The normalized spacial score (nSPS) is 14.8. The summed E-state index contributed by atoms with van der Waals surface area (Å²) >= 11 is 1.36. The molecule has 174 valence electrons. The van der Waals surface area contributed by atoms with Crippen LogP contribution in [0.3, 0.4) is 0 Å². The van der Waals surface area contributed by atoms with Gasteiger partial charge in [0.05, 0.1) is 23.9 Å². The molecule has 2 aromatic carbocycles. The highest BCUT2D eigenvalue weighted by atomic mass is 32.1. The Morgan fingerprint density at radius 3 is 2.63 bits per heavy atom. The molecule has 2 amide bonds. The number of hydrogen-bond acceptors (Lipinski definition) is 7. The summed E-state index contributed by atoms with van der Waals surface area (Å²) in [5.74, 6) is 6.64. The summed E-state index contributed by atoms with van der Waals surface area (Å²) in [6.45, 7) is 2.43. The van der Waals surface area contributed by atoms with E-state index in [1.54, 1.807) is 12.4 Å². The van der Waals surface area contributed by atoms with Crippen LogP contribution in [0, 0.1) is 18.8 Å². The second kappa shape index (κ2) is 10.3. The summed E-state index contributed by atoms with van der Waals surface area (Å²) in [7, 11) is 0. The fraction of sp³-hybridized carbons (Fsp3) is 0.154. The predicted octanol–water partition coefficient (Wildman–Crippen LogP) is 5.30. The van der Waals surface area contributed by atoms with Gasteiger partial charge in [-0.15, -0.1) is 0 Å². The van der Waals surface area contributed by atoms with Crippen LogP contribution < -0.4 is 10.6 Å². The molecule has 0 radical (unpaired) electrons. The van der Waals surface area contributed by atoms with Gasteiger partial charge in [0.25, 0.3) is 0 Å². The molecule has 8 nitrogen and oxygen atoms in total. The first-order chi connectivity index (χ1) is 17.1. The van der Waals surface area contributed by atoms with Gasteiger partial charge >= 0.3 is 6.03 Å². The van der Waals surface area contributed by atoms with Gasteiger partial charge < -0.3 is 10.6 Å². The van der Waals surface area contributed by atoms with Crippen molar-refractivity contribution in [2.45, 2.75) is 19.4 Å². The summed E-state index contributed by atoms with van der Waals surface area (Å²) in [5, 5.41) is 8.33. The van der Waals surface area contributed by atoms with Gasteiger partial charge in [-0.25, -0.2) is 14.8 Å². The standard InChI is InChI=1S/C26H22N6O2S/c1-18-14-24(35-31-18)30-25-27-16-20(17-28-25)11-10-19-6-5-9-22(15-19)29-26(33)32-23(12-13-34-32)21-7-3-2-4-8-21/h2-9,14-17,23H,12-13H2,1H3,(H,29,33)(H,27,28,30)/t23-/m0/s1. The molecule has 0 aliphatic carbocycles. The lowest BCUT2D eigenvalue weighted by molar-refractivity contribution is -0.0829. The largest absolute Gasteiger partial charge is 0.346 e. The third-order valence-corrected chi connectivity index (χ3v) is 6.06. The van der Waals surface area contributed by atoms with Gasteiger partial charge in [-0.1, -0.05) is 48.2 Å². The Balaban J connectivity index is 1.23. The molecular weight excluding hydrogens is 460 g/mol. The predicted molar refractivity (Wildman–Crippen MR) is 135 cm³/mol. The smallest absolute Gasteiger partial charge is 0.314 e. The number of hydroxylamine groups is 2. The monoisotopic (exact) mass is 482 g/mol. The van der Waals surface area contributed by atoms with Gasteiger partial charge in [-0.2, -0.15) is 9.44 Å². The van der Waals surface area contributed by atoms with Crippen molar-refractivity contribution in [1.29, 1.82) is 0 Å². The van der Waals surface area contributed by atoms with E-state index in [0.717, 1.165) is 28.2 Å². The number of anilines is 3. The van der Waals surface area contributed by atoms with Gasteiger partial charge in [0.15, 0.2) is 0 Å². The van der Waals surface area contributed by atoms with Crippen molar-refractivity contribution >= 4 is 34.2 Å². The third-order valence-electron chi connectivity index (χ3n) is 5.27. The van der Waals surface area contributed by atoms with E-state index in [2.05, 4.69) is 36.8 Å². The summed E-state index contributed by atoms with van der Waals surface area (Å²) in [4.78, 5) is 27.1. The SMILES string of the molecule is Cc1cc(Nc2ncc(C#Cc3cccc(NC(=O)N4OCC[C@H]4c4ccccc4)c3)cn2)sn1. The molecule has 0 bridgehead atoms. The van der Waals surface area contributed by atoms with Crippen LogP contribution in [-0.4, -0.2) is 32.0 Å². The van der Waals surface area contributed by atoms with Crippen LogP contribution in [0.5, 0.6) is 0 Å². The quantitative estimate of drug-likeness (QED) is 0.384. The highest BCUT2D eigenvalue weighted by Gasteiger charge is 2.31. The zero-order valence-electron chi connectivity index (χ0n) is 18.9. The maximum Gasteiger partial charge on any atom is 0.346 e. The Hall–Kier alpha value is -4.26. The molecule has 1 atom stereocenters. The van der Waals surface area contributed by atoms with Crippen molar-refractivity contribution in [2.24, 2.45) is 0 Å². The Labute approximate surface area is 207 Å². The summed E-state index contributed by atoms with van der Waals surface area (Å²) in [6, 6.07) is 18.8. The highest BCUT2D eigenvalue weighted by Crippen LogP contribution is 2.30. The number of carbonyl (C=O) groups excluding carboxylic acids is 1. The van der Waals surface area contributed by atoms with Crippen molar-refractivity contribution in [2.75, 3.05) is 17.2 Å². The summed E-state index contributed by atoms with van der Waals surface area (Å²) < 4.78 is 4.22. The zero-order valence-corrected chi connectivity index (χ0v) is 19.7. The molecule has 2 N–H and O–H groups in total. The Morgan fingerprint density at radius 2 is 1.86 bits per heavy atom. The first-order valence-electron chi connectivity index (χ1n) is 11.1. The highest BCUT2D eigenvalue weighted by molar-refractivity contribution is 7.10. The number of nitrogens with one attached hydrogen (secondary N) is 2. The van der Waals surface area contributed by atoms with E-state index in [-0.39, 0.29) is 12.1 Å². The molecule has 1 aliphatic rings. The molecule has 35 heavy (non-hydrogen) atoms. The molecular formula is C26H22N6O2S. The number of hydrogen-bond donors (Lipinski definition) is 2. The van der Waals surface area contributed by atoms with E-state index in [9.17, 15) is 4.79 Å². The van der Waals surface area contributed by atoms with Crippen LogP contribution in [0.1, 0.15) is 34.8 Å². The van der Waals surface area contributed by atoms with Gasteiger partial charge in [-0.3, -0.25) is 4.84 Å². The Kier molecular flexibility index (Phi) is 6.66. The van der Waals surface area contributed by atoms with Crippen LogP contribution in [-0.2, 0) is 4.84 Å². The lowest BCUT2D eigenvalue weighted by atomic mass is 10.1. The van der Waals surface area contributed by atoms with Gasteiger partial charge in [0, 0.05) is 30.1 Å². The number of aromatic nitrogens is 3. The van der Waals surface area contributed by atoms with E-state index in [1.807, 2.05) is 67.6 Å². The lowest BCUT2D eigenvalue weighted by Gasteiger charge is -2.23. The number of urea groups is 1. The van der Waals surface area contributed by atoms with Crippen molar-refractivity contribution < 1.29 is 9.63 Å². The van der Waals surface area contributed by atoms with Crippen LogP contribution in [0.2, 0.25) is 0 Å². The maximum atomic E-state index is 12.9. The molecule has 1 aliphatic heterocycles. The lowest BCUT2D eigenvalue weighted by Crippen LogP contribution is -2.33. The van der Waals surface area contributed by atoms with E-state index in [1.165, 1.54) is 16.6 Å². The minimum Gasteiger partial charge on any atom is -0.314 e. The van der Waals surface area contributed by atoms with Crippen LogP contribution in [0.25, 0.3) is 0 Å². The third kappa shape index (κ3) is 5.63. The Bertz CT molecular complexity index is 1380. The Morgan fingerprint density at radius 1 is 1.06 bits per heavy atom. The number of carbonyl (C=O) groups is 1. The fourth-order valence-corrected chi connectivity index (χ4v) is 4.29. The fourth-order valence-electron chi connectivity index (χ4n) is 3.63. The molecule has 9 heteroatoms. The average molecular weight is 483 g/mol. The zero-order chi connectivity index (χ0) is 24.0. The summed E-state index contributed by atoms with van der Waals surface area (Å²) in [6.07, 6.45) is 4.08. The summed E-state index contributed by atoms with van der Waals surface area (Å²) in [5.41, 5.74) is 4.07. The van der Waals surface area contributed by atoms with E-state index in [0.29, 0.717) is 23.8 Å². The maximum absolute atomic E-state index is 12.9. The van der Waals surface area contributed by atoms with Crippen molar-refractivity contribution in [3.8, 4) is 11.8 Å². The molecule has 5 rings (SSSR count). The minimum absolute atomic E-state index is 0.114. The molecule has 1 fully saturated rings. The number of aryl methyl sites for hydroxylation is 1. The topological polar surface area (TPSA) is 92.3 Å². The second-order valence-corrected chi connectivity index (χ2v) is 8.69. The van der Waals surface area contributed by atoms with Crippen LogP contribution in [0.15, 0.2) is 73.1 Å². The number of nitrogens with zero attached hydrogens (tertiary/aromatic N) is 4. The van der Waals surface area contributed by atoms with Gasteiger partial charge in [0.1, 0.15) is 5.00 Å². The van der Waals surface area contributed by atoms with E-state index < -0.39 is 0 Å². The molecule has 2 aromatic heterocycles. The van der Waals surface area contributed by atoms with Crippen molar-refractivity contribution in [1.82, 2.24) is 19.4 Å². The first-order valence-corrected chi connectivity index (χ1v) is 11.8. The second-order valence-electron chi connectivity index (χ2n) is 7.89. The molecule has 0 unspecified atom stereocenters. The first kappa shape index (κ1) is 22.5. The average Bonchev–Trinajstić information content (AvgIpc) is 3.54. The van der Waals surface area contributed by atoms with Gasteiger partial charge in [0.2, 0.25) is 5.95 Å². The number of rotatable bonds is 4. The van der Waals surface area contributed by atoms with Gasteiger partial charge in [-0.05, 0) is 48.3 Å². The van der Waals surface area contributed by atoms with Crippen LogP contribution in [0.4, 0.5) is 21.4 Å². The van der Waals surface area contributed by atoms with Crippen molar-refractivity contribution in [3.63, 3.8) is 0 Å². The molecule has 4 aromatic rings. The van der Waals surface area contributed by atoms with E-state index in [4.69, 9.17) is 4.84 Å². The minimum atomic E-state index is -0.311. The van der Waals surface area contributed by atoms with Crippen molar-refractivity contribution in [3.05, 3.63) is 95.4 Å². The molecule has 3 heterocycles. The van der Waals surface area contributed by atoms with Crippen LogP contribution >= 0.6 is 11.5 Å². The number of benzene rings is 2. The van der Waals surface area contributed by atoms with E-state index >= 15 is 0 Å². The molecule has 0 spiro atoms. The molecule has 0 saturated carbocycles.